The van der Waals surface area contributed by atoms with E-state index < -0.39 is 40.4 Å². The number of carbonyl (C=O) groups excluding carboxylic acids is 1. The topological polar surface area (TPSA) is 120 Å². The summed E-state index contributed by atoms with van der Waals surface area (Å²) in [4.78, 5) is 17.9. The van der Waals surface area contributed by atoms with Gasteiger partial charge < -0.3 is 24.5 Å². The van der Waals surface area contributed by atoms with Crippen LogP contribution in [-0.2, 0) is 22.1 Å². The molecule has 1 aromatic heterocycles. The molecule has 43 heavy (non-hydrogen) atoms. The molecule has 1 amide bonds. The third kappa shape index (κ3) is 5.31. The Morgan fingerprint density at radius 1 is 1.09 bits per heavy atom. The highest BCUT2D eigenvalue weighted by atomic mass is 32.2. The highest BCUT2D eigenvalue weighted by molar-refractivity contribution is 7.91. The molecular weight excluding hydrogens is 587 g/mol. The zero-order valence-corrected chi connectivity index (χ0v) is 23.8. The van der Waals surface area contributed by atoms with E-state index in [-0.39, 0.29) is 52.9 Å². The Labute approximate surface area is 245 Å². The predicted octanol–water partition coefficient (Wildman–Crippen LogP) is 5.01. The maximum atomic E-state index is 15.8. The molecule has 6 rings (SSSR count). The Balaban J connectivity index is 1.30. The fraction of sp³-hybridized carbons (Fsp3) is 0.333. The van der Waals surface area contributed by atoms with Gasteiger partial charge >= 0.3 is 6.29 Å². The lowest BCUT2D eigenvalue weighted by molar-refractivity contribution is -0.287. The van der Waals surface area contributed by atoms with E-state index in [9.17, 15) is 27.1 Å². The van der Waals surface area contributed by atoms with Gasteiger partial charge in [-0.1, -0.05) is 31.2 Å². The minimum atomic E-state index is -3.81. The first-order valence-electron chi connectivity index (χ1n) is 13.7. The van der Waals surface area contributed by atoms with E-state index in [0.717, 1.165) is 0 Å². The molecule has 226 valence electrons. The molecule has 2 heterocycles. The van der Waals surface area contributed by atoms with Crippen LogP contribution in [0.4, 0.5) is 13.2 Å². The van der Waals surface area contributed by atoms with Gasteiger partial charge in [-0.3, -0.25) is 4.79 Å². The Morgan fingerprint density at radius 3 is 2.49 bits per heavy atom. The lowest BCUT2D eigenvalue weighted by Crippen LogP contribution is -2.32. The summed E-state index contributed by atoms with van der Waals surface area (Å²) in [5.41, 5.74) is 0.172. The Kier molecular flexibility index (Phi) is 7.12. The first-order valence-corrected chi connectivity index (χ1v) is 15.4. The molecule has 1 aliphatic heterocycles. The standard InChI is InChI=1S/C30H28F3N3O6S/c1-2-43(39,40)21-10-7-18(8-11-21)23(17-37)34-27(38)19-9-12-24-22(15-19)35-28(29(31)13-4-14-29)36(24)16-20-5-3-6-25-26(20)42-30(32,33)41-25/h3,5-12,15,23,37H,2,4,13-14,16-17H2,1H3,(H,34,38). The smallest absolute Gasteiger partial charge is 0.395 e. The molecule has 0 radical (unpaired) electrons. The van der Waals surface area contributed by atoms with Crippen molar-refractivity contribution in [2.75, 3.05) is 12.4 Å². The van der Waals surface area contributed by atoms with Gasteiger partial charge in [0.15, 0.2) is 27.0 Å². The number of aliphatic hydroxyl groups excluding tert-OH is 1. The number of alkyl halides is 3. The molecule has 1 atom stereocenters. The van der Waals surface area contributed by atoms with Crippen LogP contribution in [0.2, 0.25) is 0 Å². The summed E-state index contributed by atoms with van der Waals surface area (Å²) in [6.45, 7) is 1.08. The second kappa shape index (κ2) is 10.6. The van der Waals surface area contributed by atoms with Gasteiger partial charge in [0.1, 0.15) is 5.82 Å². The van der Waals surface area contributed by atoms with Gasteiger partial charge in [0.25, 0.3) is 5.91 Å². The molecule has 0 spiro atoms. The van der Waals surface area contributed by atoms with Crippen LogP contribution in [0, 0.1) is 0 Å². The molecule has 3 aromatic carbocycles. The molecule has 1 saturated carbocycles. The number of nitrogens with one attached hydrogen (secondary N) is 1. The fourth-order valence-electron chi connectivity index (χ4n) is 5.35. The lowest BCUT2D eigenvalue weighted by atomic mass is 9.81. The normalized spacial score (nSPS) is 17.4. The van der Waals surface area contributed by atoms with Gasteiger partial charge in [0.05, 0.1) is 40.9 Å². The lowest BCUT2D eigenvalue weighted by Gasteiger charge is -2.33. The van der Waals surface area contributed by atoms with Crippen LogP contribution in [0.15, 0.2) is 65.6 Å². The Hall–Kier alpha value is -4.10. The van der Waals surface area contributed by atoms with E-state index in [2.05, 4.69) is 15.0 Å². The number of benzene rings is 3. The molecule has 4 aromatic rings. The number of aromatic nitrogens is 2. The number of carbonyl (C=O) groups is 1. The zero-order chi connectivity index (χ0) is 30.6. The second-order valence-corrected chi connectivity index (χ2v) is 12.9. The van der Waals surface area contributed by atoms with Crippen molar-refractivity contribution in [2.24, 2.45) is 0 Å². The minimum absolute atomic E-state index is 0.0258. The number of hydrogen-bond acceptors (Lipinski definition) is 7. The van der Waals surface area contributed by atoms with Crippen molar-refractivity contribution in [3.05, 3.63) is 83.2 Å². The highest BCUT2D eigenvalue weighted by Gasteiger charge is 2.46. The molecule has 1 unspecified atom stereocenters. The molecule has 2 aliphatic rings. The van der Waals surface area contributed by atoms with Crippen molar-refractivity contribution < 1.29 is 41.0 Å². The van der Waals surface area contributed by atoms with E-state index in [0.29, 0.717) is 28.6 Å². The summed E-state index contributed by atoms with van der Waals surface area (Å²) in [6.07, 6.45) is -2.63. The van der Waals surface area contributed by atoms with Gasteiger partial charge in [-0.25, -0.2) is 17.8 Å². The van der Waals surface area contributed by atoms with E-state index in [1.54, 1.807) is 29.7 Å². The van der Waals surface area contributed by atoms with Crippen molar-refractivity contribution >= 4 is 26.8 Å². The van der Waals surface area contributed by atoms with Crippen molar-refractivity contribution in [2.45, 2.75) is 55.6 Å². The van der Waals surface area contributed by atoms with Gasteiger partial charge in [-0.05, 0) is 61.2 Å². The summed E-state index contributed by atoms with van der Waals surface area (Å²) in [7, 11) is -3.40. The largest absolute Gasteiger partial charge is 0.586 e. The van der Waals surface area contributed by atoms with Gasteiger partial charge in [0, 0.05) is 11.1 Å². The number of aliphatic hydroxyl groups is 1. The van der Waals surface area contributed by atoms with Crippen LogP contribution in [0.25, 0.3) is 11.0 Å². The SMILES string of the molecule is CCS(=O)(=O)c1ccc(C(CO)NC(=O)c2ccc3c(c2)nc(C2(F)CCC2)n3Cc2cccc3c2OC(F)(F)O3)cc1. The van der Waals surface area contributed by atoms with Crippen molar-refractivity contribution in [1.82, 2.24) is 14.9 Å². The Bertz CT molecular complexity index is 1820. The van der Waals surface area contributed by atoms with Crippen LogP contribution >= 0.6 is 0 Å². The number of hydrogen-bond donors (Lipinski definition) is 2. The molecule has 9 nitrogen and oxygen atoms in total. The highest BCUT2D eigenvalue weighted by Crippen LogP contribution is 2.47. The first-order chi connectivity index (χ1) is 20.4. The molecular formula is C30H28F3N3O6S. The summed E-state index contributed by atoms with van der Waals surface area (Å²) >= 11 is 0. The number of ether oxygens (including phenoxy) is 2. The third-order valence-corrected chi connectivity index (χ3v) is 9.66. The molecule has 0 saturated heterocycles. The second-order valence-electron chi connectivity index (χ2n) is 10.6. The first kappa shape index (κ1) is 29.0. The molecule has 0 bridgehead atoms. The van der Waals surface area contributed by atoms with Crippen molar-refractivity contribution in [3.8, 4) is 11.5 Å². The average molecular weight is 616 g/mol. The summed E-state index contributed by atoms with van der Waals surface area (Å²) in [5, 5.41) is 12.7. The third-order valence-electron chi connectivity index (χ3n) is 7.91. The molecule has 2 N–H and O–H groups in total. The number of sulfone groups is 1. The average Bonchev–Trinajstić information content (AvgIpc) is 3.50. The van der Waals surface area contributed by atoms with Crippen LogP contribution in [0.1, 0.15) is 59.5 Å². The predicted molar refractivity (Wildman–Crippen MR) is 150 cm³/mol. The van der Waals surface area contributed by atoms with E-state index in [1.165, 1.54) is 42.5 Å². The van der Waals surface area contributed by atoms with Crippen LogP contribution in [-0.4, -0.2) is 47.6 Å². The van der Waals surface area contributed by atoms with Crippen molar-refractivity contribution in [3.63, 3.8) is 0 Å². The molecule has 13 heteroatoms. The van der Waals surface area contributed by atoms with Crippen molar-refractivity contribution in [1.29, 1.82) is 0 Å². The molecule has 1 aliphatic carbocycles. The zero-order valence-electron chi connectivity index (χ0n) is 23.0. The number of nitrogens with zero attached hydrogens (tertiary/aromatic N) is 2. The van der Waals surface area contributed by atoms with E-state index >= 15 is 4.39 Å². The number of amides is 1. The van der Waals surface area contributed by atoms with E-state index in [1.807, 2.05) is 0 Å². The number of rotatable bonds is 9. The number of halogens is 3. The van der Waals surface area contributed by atoms with Crippen LogP contribution < -0.4 is 14.8 Å². The number of para-hydroxylation sites is 1. The summed E-state index contributed by atoms with van der Waals surface area (Å²) in [5.74, 6) is -0.708. The van der Waals surface area contributed by atoms with E-state index in [4.69, 9.17) is 4.74 Å². The number of fused-ring (bicyclic) bond motifs is 2. The summed E-state index contributed by atoms with van der Waals surface area (Å²) < 4.78 is 78.6. The number of imidazole rings is 1. The maximum absolute atomic E-state index is 15.8. The van der Waals surface area contributed by atoms with Crippen LogP contribution in [0.5, 0.6) is 11.5 Å². The van der Waals surface area contributed by atoms with Gasteiger partial charge in [0.2, 0.25) is 0 Å². The fourth-order valence-corrected chi connectivity index (χ4v) is 6.24. The Morgan fingerprint density at radius 2 is 1.84 bits per heavy atom. The maximum Gasteiger partial charge on any atom is 0.586 e. The minimum Gasteiger partial charge on any atom is -0.395 e. The summed E-state index contributed by atoms with van der Waals surface area (Å²) in [6, 6.07) is 14.2. The van der Waals surface area contributed by atoms with Crippen LogP contribution in [0.3, 0.4) is 0 Å². The monoisotopic (exact) mass is 615 g/mol. The van der Waals surface area contributed by atoms with Gasteiger partial charge in [-0.2, -0.15) is 0 Å². The molecule has 1 fully saturated rings. The van der Waals surface area contributed by atoms with Gasteiger partial charge in [-0.15, -0.1) is 8.78 Å². The quantitative estimate of drug-likeness (QED) is 0.272.